The molecule has 1 fully saturated rings. The van der Waals surface area contributed by atoms with Crippen LogP contribution in [0.4, 0.5) is 5.69 Å². The van der Waals surface area contributed by atoms with E-state index in [1.54, 1.807) is 12.1 Å². The lowest BCUT2D eigenvalue weighted by molar-refractivity contribution is 0.0697. The molecule has 1 heterocycles. The number of carboxylic acids is 1. The fourth-order valence-corrected chi connectivity index (χ4v) is 3.15. The highest BCUT2D eigenvalue weighted by Crippen LogP contribution is 2.27. The summed E-state index contributed by atoms with van der Waals surface area (Å²) < 4.78 is 0. The molecule has 1 saturated heterocycles. The minimum atomic E-state index is -0.952. The third kappa shape index (κ3) is 3.30. The largest absolute Gasteiger partial charge is 0.478 e. The van der Waals surface area contributed by atoms with Crippen LogP contribution in [0.15, 0.2) is 18.2 Å². The van der Waals surface area contributed by atoms with Crippen molar-refractivity contribution in [3.05, 3.63) is 28.8 Å². The second kappa shape index (κ2) is 5.65. The topological polar surface area (TPSA) is 49.3 Å². The summed E-state index contributed by atoms with van der Waals surface area (Å²) >= 11 is 8.00. The Morgan fingerprint density at radius 3 is 2.94 bits per heavy atom. The smallest absolute Gasteiger partial charge is 0.335 e. The molecule has 1 unspecified atom stereocenters. The van der Waals surface area contributed by atoms with Crippen LogP contribution in [-0.4, -0.2) is 28.6 Å². The number of rotatable bonds is 3. The van der Waals surface area contributed by atoms with Crippen molar-refractivity contribution in [2.75, 3.05) is 16.8 Å². The summed E-state index contributed by atoms with van der Waals surface area (Å²) in [4.78, 5) is 10.8. The molecule has 0 aromatic heterocycles. The third-order valence-corrected chi connectivity index (χ3v) is 4.26. The first kappa shape index (κ1) is 12.6. The van der Waals surface area contributed by atoms with Crippen molar-refractivity contribution in [3.63, 3.8) is 0 Å². The van der Waals surface area contributed by atoms with Gasteiger partial charge in [0.25, 0.3) is 0 Å². The highest BCUT2D eigenvalue weighted by molar-refractivity contribution is 7.99. The molecular weight excluding hydrogens is 258 g/mol. The zero-order chi connectivity index (χ0) is 12.3. The minimum absolute atomic E-state index is 0.221. The normalized spacial score (nSPS) is 19.9. The molecule has 1 aromatic rings. The number of hydrogen-bond donors (Lipinski definition) is 2. The van der Waals surface area contributed by atoms with Gasteiger partial charge < -0.3 is 10.4 Å². The number of hydrogen-bond acceptors (Lipinski definition) is 3. The van der Waals surface area contributed by atoms with Crippen LogP contribution in [0.2, 0.25) is 5.02 Å². The first-order valence-electron chi connectivity index (χ1n) is 5.54. The van der Waals surface area contributed by atoms with E-state index in [2.05, 4.69) is 5.32 Å². The van der Waals surface area contributed by atoms with Crippen molar-refractivity contribution in [2.45, 2.75) is 18.9 Å². The molecule has 5 heteroatoms. The highest BCUT2D eigenvalue weighted by atomic mass is 35.5. The summed E-state index contributed by atoms with van der Waals surface area (Å²) in [5.41, 5.74) is 1.04. The molecule has 2 N–H and O–H groups in total. The second-order valence-corrected chi connectivity index (χ2v) is 5.62. The SMILES string of the molecule is O=C(O)c1ccc(NC2CCCSC2)c(Cl)c1. The molecule has 1 aliphatic heterocycles. The van der Waals surface area contributed by atoms with Gasteiger partial charge in [-0.15, -0.1) is 0 Å². The standard InChI is InChI=1S/C12H14ClNO2S/c13-10-6-8(12(15)16)3-4-11(10)14-9-2-1-5-17-7-9/h3-4,6,9,14H,1-2,5,7H2,(H,15,16). The molecule has 0 saturated carbocycles. The average Bonchev–Trinajstić information content (AvgIpc) is 2.33. The Bertz CT molecular complexity index is 419. The number of nitrogens with one attached hydrogen (secondary N) is 1. The van der Waals surface area contributed by atoms with Crippen molar-refractivity contribution in [3.8, 4) is 0 Å². The Morgan fingerprint density at radius 2 is 2.35 bits per heavy atom. The quantitative estimate of drug-likeness (QED) is 0.885. The Balaban J connectivity index is 2.08. The van der Waals surface area contributed by atoms with Crippen LogP contribution in [0.25, 0.3) is 0 Å². The van der Waals surface area contributed by atoms with E-state index in [1.807, 2.05) is 11.8 Å². The van der Waals surface area contributed by atoms with E-state index in [4.69, 9.17) is 16.7 Å². The minimum Gasteiger partial charge on any atom is -0.478 e. The molecule has 1 atom stereocenters. The first-order chi connectivity index (χ1) is 8.16. The van der Waals surface area contributed by atoms with Gasteiger partial charge in [-0.05, 0) is 36.8 Å². The van der Waals surface area contributed by atoms with Gasteiger partial charge in [0.15, 0.2) is 0 Å². The molecule has 92 valence electrons. The van der Waals surface area contributed by atoms with Crippen LogP contribution < -0.4 is 5.32 Å². The molecule has 0 amide bonds. The van der Waals surface area contributed by atoms with Gasteiger partial charge in [0.2, 0.25) is 0 Å². The molecule has 17 heavy (non-hydrogen) atoms. The van der Waals surface area contributed by atoms with Crippen LogP contribution in [0.1, 0.15) is 23.2 Å². The average molecular weight is 272 g/mol. The van der Waals surface area contributed by atoms with Gasteiger partial charge in [0, 0.05) is 11.8 Å². The van der Waals surface area contributed by atoms with Gasteiger partial charge in [0.05, 0.1) is 16.3 Å². The molecule has 0 spiro atoms. The van der Waals surface area contributed by atoms with Crippen molar-refractivity contribution in [1.29, 1.82) is 0 Å². The van der Waals surface area contributed by atoms with Gasteiger partial charge in [-0.1, -0.05) is 11.6 Å². The molecule has 0 radical (unpaired) electrons. The summed E-state index contributed by atoms with van der Waals surface area (Å²) in [7, 11) is 0. The van der Waals surface area contributed by atoms with Crippen LogP contribution in [-0.2, 0) is 0 Å². The predicted molar refractivity (Wildman–Crippen MR) is 72.4 cm³/mol. The summed E-state index contributed by atoms with van der Waals surface area (Å²) in [5.74, 6) is 1.35. The van der Waals surface area contributed by atoms with Crippen LogP contribution in [0.5, 0.6) is 0 Å². The molecule has 1 aromatic carbocycles. The predicted octanol–water partition coefficient (Wildman–Crippen LogP) is 3.35. The lowest BCUT2D eigenvalue weighted by Crippen LogP contribution is -2.25. The highest BCUT2D eigenvalue weighted by Gasteiger charge is 2.15. The Labute approximate surface area is 110 Å². The number of carbonyl (C=O) groups is 1. The van der Waals surface area contributed by atoms with E-state index in [0.717, 1.165) is 17.9 Å². The van der Waals surface area contributed by atoms with Gasteiger partial charge in [0.1, 0.15) is 0 Å². The van der Waals surface area contributed by atoms with E-state index in [9.17, 15) is 4.79 Å². The van der Waals surface area contributed by atoms with Crippen molar-refractivity contribution >= 4 is 35.0 Å². The van der Waals surface area contributed by atoms with Gasteiger partial charge >= 0.3 is 5.97 Å². The zero-order valence-corrected chi connectivity index (χ0v) is 10.9. The van der Waals surface area contributed by atoms with Crippen LogP contribution in [0, 0.1) is 0 Å². The number of benzene rings is 1. The number of thioether (sulfide) groups is 1. The molecular formula is C12H14ClNO2S. The Morgan fingerprint density at radius 1 is 1.53 bits per heavy atom. The number of halogens is 1. The maximum Gasteiger partial charge on any atom is 0.335 e. The second-order valence-electron chi connectivity index (χ2n) is 4.06. The van der Waals surface area contributed by atoms with Crippen molar-refractivity contribution in [2.24, 2.45) is 0 Å². The van der Waals surface area contributed by atoms with Crippen molar-refractivity contribution < 1.29 is 9.90 Å². The third-order valence-electron chi connectivity index (χ3n) is 2.74. The first-order valence-corrected chi connectivity index (χ1v) is 7.07. The van der Waals surface area contributed by atoms with Gasteiger partial charge in [-0.2, -0.15) is 11.8 Å². The fourth-order valence-electron chi connectivity index (χ4n) is 1.84. The van der Waals surface area contributed by atoms with E-state index in [-0.39, 0.29) is 5.56 Å². The Kier molecular flexibility index (Phi) is 4.18. The van der Waals surface area contributed by atoms with Crippen molar-refractivity contribution in [1.82, 2.24) is 0 Å². The molecule has 2 rings (SSSR count). The Hall–Kier alpha value is -0.870. The van der Waals surface area contributed by atoms with Gasteiger partial charge in [-0.3, -0.25) is 0 Å². The molecule has 3 nitrogen and oxygen atoms in total. The lowest BCUT2D eigenvalue weighted by atomic mass is 10.1. The maximum absolute atomic E-state index is 10.8. The fraction of sp³-hybridized carbons (Fsp3) is 0.417. The molecule has 1 aliphatic rings. The molecule has 0 aliphatic carbocycles. The van der Waals surface area contributed by atoms with E-state index in [1.165, 1.54) is 18.2 Å². The van der Waals surface area contributed by atoms with Gasteiger partial charge in [-0.25, -0.2) is 4.79 Å². The zero-order valence-electron chi connectivity index (χ0n) is 9.28. The summed E-state index contributed by atoms with van der Waals surface area (Å²) in [5, 5.41) is 12.7. The van der Waals surface area contributed by atoms with Crippen LogP contribution >= 0.6 is 23.4 Å². The summed E-state index contributed by atoms with van der Waals surface area (Å²) in [6.45, 7) is 0. The number of carboxylic acid groups (broad SMARTS) is 1. The monoisotopic (exact) mass is 271 g/mol. The number of aromatic carboxylic acids is 1. The van der Waals surface area contributed by atoms with Crippen LogP contribution in [0.3, 0.4) is 0 Å². The maximum atomic E-state index is 10.8. The van der Waals surface area contributed by atoms with E-state index in [0.29, 0.717) is 11.1 Å². The van der Waals surface area contributed by atoms with E-state index < -0.39 is 5.97 Å². The van der Waals surface area contributed by atoms with E-state index >= 15 is 0 Å². The summed E-state index contributed by atoms with van der Waals surface area (Å²) in [6, 6.07) is 5.24. The molecule has 0 bridgehead atoms. The lowest BCUT2D eigenvalue weighted by Gasteiger charge is -2.24. The summed E-state index contributed by atoms with van der Waals surface area (Å²) in [6.07, 6.45) is 2.36. The number of anilines is 1.